The first kappa shape index (κ1) is 17.5. The van der Waals surface area contributed by atoms with Gasteiger partial charge in [0.25, 0.3) is 0 Å². The molecule has 138 valence electrons. The van der Waals surface area contributed by atoms with Crippen LogP contribution in [-0.2, 0) is 6.54 Å². The fraction of sp³-hybridized carbons (Fsp3) is 0.100. The summed E-state index contributed by atoms with van der Waals surface area (Å²) in [6.07, 6.45) is 2.98. The molecular weight excluding hydrogens is 364 g/mol. The lowest BCUT2D eigenvalue weighted by Gasteiger charge is -2.09. The maximum absolute atomic E-state index is 14.5. The van der Waals surface area contributed by atoms with Crippen LogP contribution in [0.25, 0.3) is 28.0 Å². The van der Waals surface area contributed by atoms with E-state index in [-0.39, 0.29) is 27.9 Å². The molecule has 0 N–H and O–H groups in total. The average molecular weight is 377 g/mol. The molecule has 28 heavy (non-hydrogen) atoms. The van der Waals surface area contributed by atoms with Gasteiger partial charge in [0, 0.05) is 23.2 Å². The van der Waals surface area contributed by atoms with Crippen molar-refractivity contribution in [3.63, 3.8) is 0 Å². The minimum atomic E-state index is -0.572. The molecule has 0 saturated carbocycles. The van der Waals surface area contributed by atoms with Gasteiger partial charge in [-0.05, 0) is 37.3 Å². The van der Waals surface area contributed by atoms with Crippen LogP contribution in [0.4, 0.5) is 8.78 Å². The fourth-order valence-electron chi connectivity index (χ4n) is 3.09. The second-order valence-electron chi connectivity index (χ2n) is 6.09. The van der Waals surface area contributed by atoms with Gasteiger partial charge in [-0.2, -0.15) is 10.4 Å². The predicted molar refractivity (Wildman–Crippen MR) is 98.4 cm³/mol. The molecule has 0 spiro atoms. The van der Waals surface area contributed by atoms with Crippen molar-refractivity contribution in [3.8, 4) is 28.5 Å². The van der Waals surface area contributed by atoms with Crippen LogP contribution in [0.1, 0.15) is 12.5 Å². The van der Waals surface area contributed by atoms with Gasteiger partial charge < -0.3 is 0 Å². The molecule has 0 aliphatic rings. The zero-order valence-corrected chi connectivity index (χ0v) is 14.7. The smallest absolute Gasteiger partial charge is 0.277 e. The first-order chi connectivity index (χ1) is 13.5. The number of aromatic nitrogens is 4. The van der Waals surface area contributed by atoms with Crippen molar-refractivity contribution in [1.29, 1.82) is 5.26 Å². The average Bonchev–Trinajstić information content (AvgIpc) is 3.14. The molecule has 2 heterocycles. The quantitative estimate of drug-likeness (QED) is 0.548. The first-order valence-electron chi connectivity index (χ1n) is 8.46. The highest BCUT2D eigenvalue weighted by molar-refractivity contribution is 5.76. The molecule has 0 aliphatic heterocycles. The van der Waals surface area contributed by atoms with E-state index in [1.54, 1.807) is 13.0 Å². The van der Waals surface area contributed by atoms with Crippen molar-refractivity contribution in [3.05, 3.63) is 76.5 Å². The van der Waals surface area contributed by atoms with Crippen LogP contribution < -0.4 is 5.56 Å². The van der Waals surface area contributed by atoms with Gasteiger partial charge in [-0.25, -0.2) is 18.4 Å². The zero-order chi connectivity index (χ0) is 19.8. The normalized spacial score (nSPS) is 10.9. The van der Waals surface area contributed by atoms with E-state index in [0.29, 0.717) is 17.8 Å². The first-order valence-corrected chi connectivity index (χ1v) is 8.46. The molecule has 0 unspecified atom stereocenters. The summed E-state index contributed by atoms with van der Waals surface area (Å²) in [7, 11) is 0. The maximum Gasteiger partial charge on any atom is 0.310 e. The van der Waals surface area contributed by atoms with Crippen LogP contribution >= 0.6 is 0 Å². The Morgan fingerprint density at radius 2 is 1.96 bits per heavy atom. The fourth-order valence-corrected chi connectivity index (χ4v) is 3.09. The third kappa shape index (κ3) is 2.74. The van der Waals surface area contributed by atoms with E-state index in [1.807, 2.05) is 6.07 Å². The van der Waals surface area contributed by atoms with Crippen LogP contribution in [0.15, 0.2) is 53.7 Å². The Kier molecular flexibility index (Phi) is 4.20. The van der Waals surface area contributed by atoms with E-state index in [1.165, 1.54) is 45.9 Å². The number of imidazole rings is 1. The summed E-state index contributed by atoms with van der Waals surface area (Å²) in [5.41, 5.74) is 1.46. The maximum atomic E-state index is 14.5. The second kappa shape index (κ2) is 6.70. The van der Waals surface area contributed by atoms with Crippen LogP contribution in [0, 0.1) is 23.0 Å². The Hall–Kier alpha value is -3.86. The highest BCUT2D eigenvalue weighted by atomic mass is 19.1. The van der Waals surface area contributed by atoms with E-state index >= 15 is 0 Å². The summed E-state index contributed by atoms with van der Waals surface area (Å²) in [5.74, 6) is -1.12. The summed E-state index contributed by atoms with van der Waals surface area (Å²) < 4.78 is 30.8. The molecular formula is C20H13F2N5O. The Labute approximate surface area is 157 Å². The third-order valence-corrected chi connectivity index (χ3v) is 4.48. The Morgan fingerprint density at radius 3 is 2.71 bits per heavy atom. The molecule has 0 atom stereocenters. The number of rotatable bonds is 3. The minimum absolute atomic E-state index is 0.0293. The van der Waals surface area contributed by atoms with Gasteiger partial charge in [0.15, 0.2) is 0 Å². The van der Waals surface area contributed by atoms with Gasteiger partial charge in [0.05, 0.1) is 23.5 Å². The van der Waals surface area contributed by atoms with Gasteiger partial charge in [-0.15, -0.1) is 0 Å². The van der Waals surface area contributed by atoms with Crippen molar-refractivity contribution in [2.75, 3.05) is 0 Å². The zero-order valence-electron chi connectivity index (χ0n) is 14.7. The van der Waals surface area contributed by atoms with Gasteiger partial charge in [0.1, 0.15) is 18.0 Å². The van der Waals surface area contributed by atoms with E-state index in [4.69, 9.17) is 0 Å². The van der Waals surface area contributed by atoms with E-state index < -0.39 is 11.6 Å². The van der Waals surface area contributed by atoms with Crippen molar-refractivity contribution in [1.82, 2.24) is 19.2 Å². The molecule has 2 aromatic heterocycles. The van der Waals surface area contributed by atoms with E-state index in [0.717, 1.165) is 6.07 Å². The monoisotopic (exact) mass is 377 g/mol. The summed E-state index contributed by atoms with van der Waals surface area (Å²) in [6.45, 7) is 2.22. The minimum Gasteiger partial charge on any atom is -0.277 e. The lowest BCUT2D eigenvalue weighted by atomic mass is 9.97. The number of benzene rings is 2. The van der Waals surface area contributed by atoms with Crippen LogP contribution in [0.3, 0.4) is 0 Å². The second-order valence-corrected chi connectivity index (χ2v) is 6.09. The number of nitriles is 1. The summed E-state index contributed by atoms with van der Waals surface area (Å²) in [4.78, 5) is 16.5. The van der Waals surface area contributed by atoms with E-state index in [2.05, 4.69) is 10.1 Å². The number of halogens is 2. The standard InChI is InChI=1S/C20H13F2N5O/c1-2-27-20(28)19-24-10-18(26(19)11-25-27)12-3-6-17(22)16(8-12)15-5-4-14(21)7-13(15)9-23/h3-8,10-11H,2H2,1H3. The van der Waals surface area contributed by atoms with Crippen molar-refractivity contribution in [2.24, 2.45) is 0 Å². The molecule has 0 fully saturated rings. The van der Waals surface area contributed by atoms with Crippen LogP contribution in [-0.4, -0.2) is 19.2 Å². The molecule has 0 aliphatic carbocycles. The highest BCUT2D eigenvalue weighted by Gasteiger charge is 2.15. The largest absolute Gasteiger partial charge is 0.310 e. The van der Waals surface area contributed by atoms with Gasteiger partial charge >= 0.3 is 5.56 Å². The van der Waals surface area contributed by atoms with Crippen LogP contribution in [0.5, 0.6) is 0 Å². The molecule has 0 bridgehead atoms. The molecule has 0 saturated heterocycles. The lowest BCUT2D eigenvalue weighted by molar-refractivity contribution is 0.605. The summed E-state index contributed by atoms with van der Waals surface area (Å²) in [5, 5.41) is 13.4. The number of hydrogen-bond acceptors (Lipinski definition) is 4. The molecule has 4 aromatic rings. The number of hydrogen-bond donors (Lipinski definition) is 0. The van der Waals surface area contributed by atoms with Crippen molar-refractivity contribution in [2.45, 2.75) is 13.5 Å². The van der Waals surface area contributed by atoms with Gasteiger partial charge in [-0.1, -0.05) is 6.07 Å². The predicted octanol–water partition coefficient (Wildman–Crippen LogP) is 3.39. The Morgan fingerprint density at radius 1 is 1.14 bits per heavy atom. The third-order valence-electron chi connectivity index (χ3n) is 4.48. The van der Waals surface area contributed by atoms with Crippen molar-refractivity contribution < 1.29 is 8.78 Å². The SMILES string of the molecule is CCn1ncn2c(-c3ccc(F)c(-c4ccc(F)cc4C#N)c3)cnc2c1=O. The molecule has 6 nitrogen and oxygen atoms in total. The van der Waals surface area contributed by atoms with Gasteiger partial charge in [-0.3, -0.25) is 9.20 Å². The number of nitrogens with zero attached hydrogens (tertiary/aromatic N) is 5. The molecule has 0 amide bonds. The van der Waals surface area contributed by atoms with E-state index in [9.17, 15) is 18.8 Å². The number of fused-ring (bicyclic) bond motifs is 1. The summed E-state index contributed by atoms with van der Waals surface area (Å²) >= 11 is 0. The van der Waals surface area contributed by atoms with Crippen LogP contribution in [0.2, 0.25) is 0 Å². The van der Waals surface area contributed by atoms with Gasteiger partial charge in [0.2, 0.25) is 5.65 Å². The molecule has 2 aromatic carbocycles. The van der Waals surface area contributed by atoms with Crippen molar-refractivity contribution >= 4 is 5.65 Å². The molecule has 4 rings (SSSR count). The number of aryl methyl sites for hydroxylation is 1. The topological polar surface area (TPSA) is 76.0 Å². The molecule has 0 radical (unpaired) electrons. The Balaban J connectivity index is 1.92. The summed E-state index contributed by atoms with van der Waals surface area (Å²) in [6, 6.07) is 9.84. The Bertz CT molecular complexity index is 1320. The molecule has 8 heteroatoms. The lowest BCUT2D eigenvalue weighted by Crippen LogP contribution is -2.24. The highest BCUT2D eigenvalue weighted by Crippen LogP contribution is 2.31.